The highest BCUT2D eigenvalue weighted by molar-refractivity contribution is 5.79. The summed E-state index contributed by atoms with van der Waals surface area (Å²) in [7, 11) is 4.12. The van der Waals surface area contributed by atoms with Gasteiger partial charge in [-0.15, -0.1) is 0 Å². The van der Waals surface area contributed by atoms with E-state index >= 15 is 0 Å². The topological polar surface area (TPSA) is 42.9 Å². The van der Waals surface area contributed by atoms with Gasteiger partial charge in [0.25, 0.3) is 0 Å². The first-order valence-corrected chi connectivity index (χ1v) is 9.93. The molecule has 1 saturated carbocycles. The maximum atomic E-state index is 4.39. The molecule has 0 bridgehead atoms. The lowest BCUT2D eigenvalue weighted by Crippen LogP contribution is -2.55. The summed E-state index contributed by atoms with van der Waals surface area (Å²) >= 11 is 0. The van der Waals surface area contributed by atoms with E-state index in [4.69, 9.17) is 0 Å². The quantitative estimate of drug-likeness (QED) is 0.553. The van der Waals surface area contributed by atoms with Gasteiger partial charge in [0.1, 0.15) is 0 Å². The molecule has 0 atom stereocenters. The van der Waals surface area contributed by atoms with Crippen molar-refractivity contribution in [1.82, 2.24) is 20.4 Å². The Kier molecular flexibility index (Phi) is 7.82. The van der Waals surface area contributed by atoms with Gasteiger partial charge in [-0.05, 0) is 59.7 Å². The third-order valence-corrected chi connectivity index (χ3v) is 5.83. The number of hydrogen-bond donors (Lipinski definition) is 2. The van der Waals surface area contributed by atoms with Crippen LogP contribution in [0.25, 0.3) is 0 Å². The smallest absolute Gasteiger partial charge is 0.191 e. The number of aliphatic imine (C=N–C) groups is 1. The zero-order chi connectivity index (χ0) is 17.4. The second-order valence-corrected chi connectivity index (χ2v) is 8.13. The minimum Gasteiger partial charge on any atom is -0.355 e. The average molecular weight is 338 g/mol. The van der Waals surface area contributed by atoms with Crippen molar-refractivity contribution >= 4 is 5.96 Å². The number of likely N-dealkylation sites (tertiary alicyclic amines) is 1. The van der Waals surface area contributed by atoms with Crippen LogP contribution in [-0.2, 0) is 0 Å². The molecule has 2 N–H and O–H groups in total. The Balaban J connectivity index is 1.67. The summed E-state index contributed by atoms with van der Waals surface area (Å²) in [5, 5.41) is 7.01. The van der Waals surface area contributed by atoms with Crippen LogP contribution in [0.5, 0.6) is 0 Å². The molecular weight excluding hydrogens is 298 g/mol. The molecule has 5 nitrogen and oxygen atoms in total. The van der Waals surface area contributed by atoms with Crippen LogP contribution < -0.4 is 10.6 Å². The highest BCUT2D eigenvalue weighted by Crippen LogP contribution is 2.22. The van der Waals surface area contributed by atoms with Gasteiger partial charge in [-0.3, -0.25) is 9.89 Å². The van der Waals surface area contributed by atoms with Crippen molar-refractivity contribution in [2.75, 3.05) is 46.8 Å². The van der Waals surface area contributed by atoms with Crippen molar-refractivity contribution in [3.63, 3.8) is 0 Å². The predicted octanol–water partition coefficient (Wildman–Crippen LogP) is 2.29. The third-order valence-electron chi connectivity index (χ3n) is 5.83. The normalized spacial score (nSPS) is 21.5. The van der Waals surface area contributed by atoms with Crippen molar-refractivity contribution in [2.45, 2.75) is 70.4 Å². The first kappa shape index (κ1) is 19.5. The fourth-order valence-electron chi connectivity index (χ4n) is 4.01. The molecule has 140 valence electrons. The van der Waals surface area contributed by atoms with E-state index in [-0.39, 0.29) is 5.54 Å². The summed E-state index contributed by atoms with van der Waals surface area (Å²) in [6.07, 6.45) is 9.60. The third kappa shape index (κ3) is 5.92. The molecule has 5 heteroatoms. The standard InChI is InChI=1S/C19H39N5/c1-19(2,24-13-8-5-9-14-24)16-22-18(20-3)21-12-15-23(4)17-10-6-7-11-17/h17H,5-16H2,1-4H3,(H2,20,21,22). The largest absolute Gasteiger partial charge is 0.355 e. The maximum absolute atomic E-state index is 4.39. The second kappa shape index (κ2) is 9.62. The minimum absolute atomic E-state index is 0.179. The van der Waals surface area contributed by atoms with Crippen molar-refractivity contribution in [3.8, 4) is 0 Å². The van der Waals surface area contributed by atoms with Gasteiger partial charge in [-0.1, -0.05) is 19.3 Å². The fraction of sp³-hybridized carbons (Fsp3) is 0.947. The van der Waals surface area contributed by atoms with E-state index in [0.717, 1.165) is 31.6 Å². The van der Waals surface area contributed by atoms with Gasteiger partial charge in [0, 0.05) is 38.3 Å². The van der Waals surface area contributed by atoms with Crippen LogP contribution >= 0.6 is 0 Å². The number of hydrogen-bond acceptors (Lipinski definition) is 3. The van der Waals surface area contributed by atoms with Crippen LogP contribution in [0.4, 0.5) is 0 Å². The van der Waals surface area contributed by atoms with E-state index in [2.05, 4.69) is 46.3 Å². The molecule has 0 aromatic rings. The number of rotatable bonds is 7. The Bertz CT molecular complexity index is 381. The lowest BCUT2D eigenvalue weighted by molar-refractivity contribution is 0.0982. The predicted molar refractivity (Wildman–Crippen MR) is 104 cm³/mol. The minimum atomic E-state index is 0.179. The zero-order valence-corrected chi connectivity index (χ0v) is 16.4. The monoisotopic (exact) mass is 337 g/mol. The SMILES string of the molecule is CN=C(NCCN(C)C1CCCC1)NCC(C)(C)N1CCCCC1. The van der Waals surface area contributed by atoms with Crippen molar-refractivity contribution in [2.24, 2.45) is 4.99 Å². The Morgan fingerprint density at radius 2 is 1.75 bits per heavy atom. The van der Waals surface area contributed by atoms with E-state index in [0.29, 0.717) is 0 Å². The number of nitrogens with zero attached hydrogens (tertiary/aromatic N) is 3. The van der Waals surface area contributed by atoms with Crippen LogP contribution in [0, 0.1) is 0 Å². The first-order valence-electron chi connectivity index (χ1n) is 9.93. The molecule has 0 aromatic heterocycles. The Morgan fingerprint density at radius 1 is 1.08 bits per heavy atom. The van der Waals surface area contributed by atoms with Crippen molar-refractivity contribution < 1.29 is 0 Å². The fourth-order valence-corrected chi connectivity index (χ4v) is 4.01. The van der Waals surface area contributed by atoms with E-state index < -0.39 is 0 Å². The maximum Gasteiger partial charge on any atom is 0.191 e. The summed E-state index contributed by atoms with van der Waals surface area (Å²) in [6, 6.07) is 0.791. The zero-order valence-electron chi connectivity index (χ0n) is 16.4. The van der Waals surface area contributed by atoms with Crippen molar-refractivity contribution in [1.29, 1.82) is 0 Å². The highest BCUT2D eigenvalue weighted by Gasteiger charge is 2.27. The van der Waals surface area contributed by atoms with Crippen LogP contribution in [-0.4, -0.2) is 74.2 Å². The summed E-state index contributed by atoms with van der Waals surface area (Å²) in [4.78, 5) is 9.51. The molecular formula is C19H39N5. The number of nitrogens with one attached hydrogen (secondary N) is 2. The number of guanidine groups is 1. The number of likely N-dealkylation sites (N-methyl/N-ethyl adjacent to an activating group) is 1. The van der Waals surface area contributed by atoms with Crippen LogP contribution in [0.15, 0.2) is 4.99 Å². The Morgan fingerprint density at radius 3 is 2.38 bits per heavy atom. The molecule has 2 fully saturated rings. The molecule has 0 aromatic carbocycles. The summed E-state index contributed by atoms with van der Waals surface area (Å²) in [5.41, 5.74) is 0.179. The molecule has 1 aliphatic heterocycles. The Labute approximate surface area is 149 Å². The van der Waals surface area contributed by atoms with Gasteiger partial charge in [-0.25, -0.2) is 0 Å². The average Bonchev–Trinajstić information content (AvgIpc) is 3.13. The first-order chi connectivity index (χ1) is 11.5. The lowest BCUT2D eigenvalue weighted by atomic mass is 9.98. The van der Waals surface area contributed by atoms with Gasteiger partial charge in [0.2, 0.25) is 0 Å². The molecule has 2 rings (SSSR count). The van der Waals surface area contributed by atoms with E-state index in [1.54, 1.807) is 0 Å². The molecule has 1 aliphatic carbocycles. The number of piperidine rings is 1. The Hall–Kier alpha value is -0.810. The summed E-state index contributed by atoms with van der Waals surface area (Å²) in [5.74, 6) is 0.930. The van der Waals surface area contributed by atoms with Gasteiger partial charge < -0.3 is 15.5 Å². The van der Waals surface area contributed by atoms with E-state index in [1.807, 2.05) is 7.05 Å². The van der Waals surface area contributed by atoms with Gasteiger partial charge >= 0.3 is 0 Å². The summed E-state index contributed by atoms with van der Waals surface area (Å²) < 4.78 is 0. The van der Waals surface area contributed by atoms with Crippen LogP contribution in [0.3, 0.4) is 0 Å². The van der Waals surface area contributed by atoms with E-state index in [1.165, 1.54) is 58.0 Å². The summed E-state index contributed by atoms with van der Waals surface area (Å²) in [6.45, 7) is 10.1. The molecule has 2 aliphatic rings. The van der Waals surface area contributed by atoms with Crippen LogP contribution in [0.1, 0.15) is 58.8 Å². The van der Waals surface area contributed by atoms with E-state index in [9.17, 15) is 0 Å². The molecule has 0 spiro atoms. The lowest BCUT2D eigenvalue weighted by Gasteiger charge is -2.41. The van der Waals surface area contributed by atoms with Gasteiger partial charge in [0.05, 0.1) is 0 Å². The van der Waals surface area contributed by atoms with Gasteiger partial charge in [-0.2, -0.15) is 0 Å². The molecule has 1 saturated heterocycles. The molecule has 24 heavy (non-hydrogen) atoms. The van der Waals surface area contributed by atoms with Gasteiger partial charge in [0.15, 0.2) is 5.96 Å². The molecule has 0 amide bonds. The van der Waals surface area contributed by atoms with Crippen molar-refractivity contribution in [3.05, 3.63) is 0 Å². The highest BCUT2D eigenvalue weighted by atomic mass is 15.2. The van der Waals surface area contributed by atoms with Crippen LogP contribution in [0.2, 0.25) is 0 Å². The second-order valence-electron chi connectivity index (χ2n) is 8.13. The molecule has 1 heterocycles. The molecule has 0 unspecified atom stereocenters. The molecule has 0 radical (unpaired) electrons.